The molecule has 2 aromatic rings. The first-order chi connectivity index (χ1) is 15.0. The van der Waals surface area contributed by atoms with Crippen molar-refractivity contribution in [2.75, 3.05) is 26.7 Å². The lowest BCUT2D eigenvalue weighted by molar-refractivity contribution is -0.123. The van der Waals surface area contributed by atoms with Crippen molar-refractivity contribution in [1.82, 2.24) is 10.2 Å². The first-order valence-electron chi connectivity index (χ1n) is 11.1. The lowest BCUT2D eigenvalue weighted by atomic mass is 9.55. The Morgan fingerprint density at radius 2 is 2.06 bits per heavy atom. The van der Waals surface area contributed by atoms with Crippen molar-refractivity contribution in [3.05, 3.63) is 78.4 Å². The number of carbonyl (C=O) groups excluding carboxylic acids is 1. The Kier molecular flexibility index (Phi) is 6.17. The van der Waals surface area contributed by atoms with E-state index in [2.05, 4.69) is 28.9 Å². The molecule has 2 N–H and O–H groups in total. The molecule has 5 nitrogen and oxygen atoms in total. The van der Waals surface area contributed by atoms with Crippen LogP contribution in [0.3, 0.4) is 0 Å². The maximum absolute atomic E-state index is 12.8. The Bertz CT molecular complexity index is 931. The summed E-state index contributed by atoms with van der Waals surface area (Å²) >= 11 is 0. The highest BCUT2D eigenvalue weighted by Crippen LogP contribution is 2.52. The van der Waals surface area contributed by atoms with Crippen LogP contribution in [0.1, 0.15) is 41.6 Å². The van der Waals surface area contributed by atoms with Crippen molar-refractivity contribution in [1.29, 1.82) is 0 Å². The molecule has 0 aromatic heterocycles. The topological polar surface area (TPSA) is 61.8 Å². The first kappa shape index (κ1) is 21.6. The molecule has 1 aliphatic carbocycles. The third-order valence-electron chi connectivity index (χ3n) is 7.11. The molecule has 1 amide bonds. The number of fused-ring (bicyclic) bond motifs is 1. The number of ether oxygens (including phenoxy) is 1. The summed E-state index contributed by atoms with van der Waals surface area (Å²) in [7, 11) is 1.67. The summed E-state index contributed by atoms with van der Waals surface area (Å²) in [6, 6.07) is 17.4. The zero-order valence-electron chi connectivity index (χ0n) is 18.2. The van der Waals surface area contributed by atoms with Crippen molar-refractivity contribution in [2.45, 2.75) is 42.7 Å². The van der Waals surface area contributed by atoms with E-state index in [1.807, 2.05) is 48.5 Å². The zero-order valence-corrected chi connectivity index (χ0v) is 18.2. The van der Waals surface area contributed by atoms with Crippen LogP contribution in [0.15, 0.2) is 67.3 Å². The van der Waals surface area contributed by atoms with Gasteiger partial charge in [-0.15, -0.1) is 6.58 Å². The molecule has 1 aliphatic heterocycles. The molecule has 2 aliphatic rings. The van der Waals surface area contributed by atoms with Crippen LogP contribution < -0.4 is 10.1 Å². The van der Waals surface area contributed by atoms with Gasteiger partial charge in [-0.3, -0.25) is 9.69 Å². The largest absolute Gasteiger partial charge is 0.497 e. The molecule has 2 aromatic carbocycles. The van der Waals surface area contributed by atoms with E-state index in [-0.39, 0.29) is 11.9 Å². The van der Waals surface area contributed by atoms with Crippen LogP contribution in [0.5, 0.6) is 5.75 Å². The molecule has 2 unspecified atom stereocenters. The van der Waals surface area contributed by atoms with Gasteiger partial charge in [0.25, 0.3) is 5.91 Å². The molecule has 1 saturated carbocycles. The quantitative estimate of drug-likeness (QED) is 0.702. The third-order valence-corrected chi connectivity index (χ3v) is 7.11. The Morgan fingerprint density at radius 3 is 2.81 bits per heavy atom. The predicted molar refractivity (Wildman–Crippen MR) is 122 cm³/mol. The second-order valence-corrected chi connectivity index (χ2v) is 8.90. The number of aliphatic hydroxyl groups is 1. The Morgan fingerprint density at radius 1 is 1.26 bits per heavy atom. The number of carbonyl (C=O) groups is 1. The zero-order chi connectivity index (χ0) is 21.9. The highest BCUT2D eigenvalue weighted by atomic mass is 16.5. The lowest BCUT2D eigenvalue weighted by Gasteiger charge is -2.58. The van der Waals surface area contributed by atoms with Crippen molar-refractivity contribution in [2.24, 2.45) is 0 Å². The standard InChI is InChI=1S/C26H32N2O3/c1-3-15-28-16-14-25(21-10-7-11-23(17-21)31-2)18-22(12-13-26(25,30)19-28)27-24(29)20-8-5-4-6-9-20/h3-11,17,22,30H,1,12-16,18-19H2,2H3,(H,27,29)/t22-,25?,26?/m1/s1. The normalized spacial score (nSPS) is 28.4. The van der Waals surface area contributed by atoms with Gasteiger partial charge in [0, 0.05) is 30.1 Å². The predicted octanol–water partition coefficient (Wildman–Crippen LogP) is 3.54. The van der Waals surface area contributed by atoms with E-state index in [0.717, 1.165) is 37.2 Å². The van der Waals surface area contributed by atoms with Crippen LogP contribution in [0.25, 0.3) is 0 Å². The summed E-state index contributed by atoms with van der Waals surface area (Å²) in [6.07, 6.45) is 4.81. The minimum atomic E-state index is -0.866. The number of piperidine rings is 1. The van der Waals surface area contributed by atoms with Crippen molar-refractivity contribution >= 4 is 5.91 Å². The fourth-order valence-electron chi connectivity index (χ4n) is 5.50. The number of methoxy groups -OCH3 is 1. The fraction of sp³-hybridized carbons (Fsp3) is 0.423. The second kappa shape index (κ2) is 8.85. The molecule has 3 atom stereocenters. The van der Waals surface area contributed by atoms with Gasteiger partial charge in [-0.2, -0.15) is 0 Å². The maximum atomic E-state index is 12.8. The summed E-state index contributed by atoms with van der Waals surface area (Å²) in [6.45, 7) is 6.12. The van der Waals surface area contributed by atoms with Gasteiger partial charge in [0.1, 0.15) is 5.75 Å². The van der Waals surface area contributed by atoms with Crippen LogP contribution in [0.2, 0.25) is 0 Å². The molecule has 0 radical (unpaired) electrons. The highest BCUT2D eigenvalue weighted by Gasteiger charge is 2.57. The van der Waals surface area contributed by atoms with E-state index in [4.69, 9.17) is 4.74 Å². The van der Waals surface area contributed by atoms with E-state index < -0.39 is 11.0 Å². The fourth-order valence-corrected chi connectivity index (χ4v) is 5.50. The smallest absolute Gasteiger partial charge is 0.251 e. The summed E-state index contributed by atoms with van der Waals surface area (Å²) in [5, 5.41) is 15.2. The average molecular weight is 421 g/mol. The van der Waals surface area contributed by atoms with Crippen LogP contribution in [0, 0.1) is 0 Å². The van der Waals surface area contributed by atoms with Gasteiger partial charge in [0.2, 0.25) is 0 Å². The van der Waals surface area contributed by atoms with Crippen LogP contribution >= 0.6 is 0 Å². The molecular formula is C26H32N2O3. The van der Waals surface area contributed by atoms with Crippen LogP contribution in [-0.4, -0.2) is 54.3 Å². The number of hydrogen-bond donors (Lipinski definition) is 2. The summed E-state index contributed by atoms with van der Waals surface area (Å²) in [5.74, 6) is 0.735. The third kappa shape index (κ3) is 4.12. The molecule has 31 heavy (non-hydrogen) atoms. The van der Waals surface area contributed by atoms with E-state index in [1.165, 1.54) is 0 Å². The number of likely N-dealkylation sites (tertiary alicyclic amines) is 1. The van der Waals surface area contributed by atoms with Gasteiger partial charge < -0.3 is 15.2 Å². The number of hydrogen-bond acceptors (Lipinski definition) is 4. The van der Waals surface area contributed by atoms with Gasteiger partial charge in [-0.25, -0.2) is 0 Å². The number of nitrogens with zero attached hydrogens (tertiary/aromatic N) is 1. The number of rotatable bonds is 6. The molecular weight excluding hydrogens is 388 g/mol. The van der Waals surface area contributed by atoms with Gasteiger partial charge in [0.15, 0.2) is 0 Å². The minimum absolute atomic E-state index is 0.00476. The number of nitrogens with one attached hydrogen (secondary N) is 1. The number of β-amino-alcohol motifs (C(OH)–C–C–N with tert-alkyl or cyclic N) is 1. The van der Waals surface area contributed by atoms with Crippen LogP contribution in [0.4, 0.5) is 0 Å². The monoisotopic (exact) mass is 420 g/mol. The molecule has 4 rings (SSSR count). The molecule has 0 spiro atoms. The Labute approximate surface area is 184 Å². The van der Waals surface area contributed by atoms with Gasteiger partial charge in [0.05, 0.1) is 12.7 Å². The Balaban J connectivity index is 1.65. The second-order valence-electron chi connectivity index (χ2n) is 8.90. The molecule has 5 heteroatoms. The molecule has 1 saturated heterocycles. The minimum Gasteiger partial charge on any atom is -0.497 e. The summed E-state index contributed by atoms with van der Waals surface area (Å²) in [4.78, 5) is 15.1. The highest BCUT2D eigenvalue weighted by molar-refractivity contribution is 5.94. The number of amides is 1. The van der Waals surface area contributed by atoms with E-state index in [0.29, 0.717) is 24.9 Å². The van der Waals surface area contributed by atoms with E-state index >= 15 is 0 Å². The molecule has 164 valence electrons. The van der Waals surface area contributed by atoms with Crippen molar-refractivity contribution in [3.63, 3.8) is 0 Å². The van der Waals surface area contributed by atoms with Gasteiger partial charge in [-0.05, 0) is 62.1 Å². The SMILES string of the molecule is C=CCN1CCC2(c3cccc(OC)c3)C[C@H](NC(=O)c3ccccc3)CCC2(O)C1. The van der Waals surface area contributed by atoms with Gasteiger partial charge >= 0.3 is 0 Å². The van der Waals surface area contributed by atoms with Crippen molar-refractivity contribution in [3.8, 4) is 5.75 Å². The first-order valence-corrected chi connectivity index (χ1v) is 11.1. The average Bonchev–Trinajstić information content (AvgIpc) is 2.80. The van der Waals surface area contributed by atoms with E-state index in [1.54, 1.807) is 7.11 Å². The summed E-state index contributed by atoms with van der Waals surface area (Å²) < 4.78 is 5.49. The van der Waals surface area contributed by atoms with Crippen molar-refractivity contribution < 1.29 is 14.6 Å². The van der Waals surface area contributed by atoms with E-state index in [9.17, 15) is 9.90 Å². The molecule has 1 heterocycles. The molecule has 0 bridgehead atoms. The lowest BCUT2D eigenvalue weighted by Crippen LogP contribution is -2.67. The maximum Gasteiger partial charge on any atom is 0.251 e. The summed E-state index contributed by atoms with van der Waals surface area (Å²) in [5.41, 5.74) is 0.451. The van der Waals surface area contributed by atoms with Gasteiger partial charge in [-0.1, -0.05) is 36.4 Å². The Hall–Kier alpha value is -2.63. The number of benzene rings is 2. The molecule has 2 fully saturated rings. The van der Waals surface area contributed by atoms with Crippen LogP contribution in [-0.2, 0) is 5.41 Å².